The van der Waals surface area contributed by atoms with Gasteiger partial charge in [0, 0.05) is 53.0 Å². The van der Waals surface area contributed by atoms with E-state index in [1.165, 1.54) is 0 Å². The molecule has 0 spiro atoms. The zero-order valence-electron chi connectivity index (χ0n) is 15.7. The number of halogens is 1. The molecule has 150 valence electrons. The first kappa shape index (κ1) is 20.3. The van der Waals surface area contributed by atoms with E-state index in [0.29, 0.717) is 17.4 Å². The Balaban J connectivity index is 1.67. The third-order valence-electron chi connectivity index (χ3n) is 4.03. The molecule has 0 bridgehead atoms. The number of benzene rings is 1. The molecular weight excluding hydrogens is 394 g/mol. The number of alkyl carbamates (subject to hydrolysis) is 1. The quantitative estimate of drug-likeness (QED) is 0.569. The van der Waals surface area contributed by atoms with Crippen molar-refractivity contribution in [2.75, 3.05) is 11.9 Å². The monoisotopic (exact) mass is 413 g/mol. The molecule has 29 heavy (non-hydrogen) atoms. The largest absolute Gasteiger partial charge is 0.445 e. The molecule has 0 radical (unpaired) electrons. The fraction of sp³-hybridized carbons (Fsp3) is 0.200. The van der Waals surface area contributed by atoms with Crippen molar-refractivity contribution in [1.29, 1.82) is 0 Å². The summed E-state index contributed by atoms with van der Waals surface area (Å²) in [6.07, 6.45) is 4.36. The van der Waals surface area contributed by atoms with Crippen LogP contribution in [0.15, 0.2) is 48.9 Å². The number of anilines is 1. The van der Waals surface area contributed by atoms with Crippen LogP contribution in [0.2, 0.25) is 5.02 Å². The zero-order chi connectivity index (χ0) is 20.6. The molecule has 0 aliphatic carbocycles. The number of hydrogen-bond acceptors (Lipinski definition) is 5. The summed E-state index contributed by atoms with van der Waals surface area (Å²) < 4.78 is 5.19. The number of urea groups is 1. The molecule has 0 fully saturated rings. The van der Waals surface area contributed by atoms with E-state index in [1.807, 2.05) is 19.1 Å². The maximum Gasteiger partial charge on any atom is 0.407 e. The first-order chi connectivity index (χ1) is 14.1. The van der Waals surface area contributed by atoms with E-state index in [2.05, 4.69) is 25.9 Å². The summed E-state index contributed by atoms with van der Waals surface area (Å²) in [4.78, 5) is 31.9. The van der Waals surface area contributed by atoms with Crippen LogP contribution in [-0.2, 0) is 17.9 Å². The van der Waals surface area contributed by atoms with Crippen molar-refractivity contribution in [1.82, 2.24) is 20.6 Å². The van der Waals surface area contributed by atoms with Gasteiger partial charge in [-0.1, -0.05) is 23.7 Å². The Morgan fingerprint density at radius 2 is 2.00 bits per heavy atom. The van der Waals surface area contributed by atoms with Crippen LogP contribution < -0.4 is 16.0 Å². The summed E-state index contributed by atoms with van der Waals surface area (Å²) in [5.74, 6) is 0.381. The molecule has 3 amide bonds. The van der Waals surface area contributed by atoms with Crippen molar-refractivity contribution in [2.24, 2.45) is 0 Å². The van der Waals surface area contributed by atoms with Crippen LogP contribution >= 0.6 is 11.6 Å². The third-order valence-corrected chi connectivity index (χ3v) is 4.36. The number of carbonyl (C=O) groups is 2. The number of amides is 3. The maximum absolute atomic E-state index is 12.0. The Morgan fingerprint density at radius 1 is 1.14 bits per heavy atom. The first-order valence-electron chi connectivity index (χ1n) is 8.98. The van der Waals surface area contributed by atoms with Gasteiger partial charge in [-0.25, -0.2) is 14.6 Å². The van der Waals surface area contributed by atoms with Crippen LogP contribution in [0.25, 0.3) is 10.8 Å². The van der Waals surface area contributed by atoms with Crippen molar-refractivity contribution in [3.05, 3.63) is 65.1 Å². The van der Waals surface area contributed by atoms with E-state index in [1.54, 1.807) is 36.8 Å². The molecule has 2 aromatic heterocycles. The van der Waals surface area contributed by atoms with Gasteiger partial charge in [-0.05, 0) is 30.7 Å². The van der Waals surface area contributed by atoms with Crippen LogP contribution in [0.3, 0.4) is 0 Å². The van der Waals surface area contributed by atoms with Crippen LogP contribution in [0.4, 0.5) is 15.4 Å². The fourth-order valence-corrected chi connectivity index (χ4v) is 2.88. The lowest BCUT2D eigenvalue weighted by Crippen LogP contribution is -2.28. The number of pyridine rings is 2. The average Bonchev–Trinajstić information content (AvgIpc) is 2.73. The van der Waals surface area contributed by atoms with E-state index in [4.69, 9.17) is 16.3 Å². The van der Waals surface area contributed by atoms with Crippen molar-refractivity contribution >= 4 is 40.3 Å². The summed E-state index contributed by atoms with van der Waals surface area (Å²) >= 11 is 6.30. The van der Waals surface area contributed by atoms with Gasteiger partial charge >= 0.3 is 12.1 Å². The van der Waals surface area contributed by atoms with E-state index in [-0.39, 0.29) is 19.2 Å². The molecular formula is C20H20ClN5O3. The molecule has 8 nitrogen and oxygen atoms in total. The van der Waals surface area contributed by atoms with Gasteiger partial charge in [0.05, 0.1) is 0 Å². The highest BCUT2D eigenvalue weighted by molar-refractivity contribution is 6.35. The van der Waals surface area contributed by atoms with Gasteiger partial charge in [-0.15, -0.1) is 0 Å². The predicted octanol–water partition coefficient (Wildman–Crippen LogP) is 3.85. The van der Waals surface area contributed by atoms with Gasteiger partial charge in [-0.2, -0.15) is 0 Å². The minimum atomic E-state index is -0.542. The molecule has 3 aromatic rings. The van der Waals surface area contributed by atoms with Gasteiger partial charge in [0.2, 0.25) is 0 Å². The number of hydrogen-bond donors (Lipinski definition) is 3. The van der Waals surface area contributed by atoms with Crippen molar-refractivity contribution in [3.63, 3.8) is 0 Å². The Morgan fingerprint density at radius 3 is 2.76 bits per heavy atom. The number of ether oxygens (including phenoxy) is 1. The van der Waals surface area contributed by atoms with Crippen LogP contribution in [0.1, 0.15) is 18.1 Å². The van der Waals surface area contributed by atoms with Gasteiger partial charge in [0.15, 0.2) is 0 Å². The molecule has 0 aliphatic rings. The van der Waals surface area contributed by atoms with Crippen molar-refractivity contribution in [3.8, 4) is 0 Å². The molecule has 0 atom stereocenters. The Kier molecular flexibility index (Phi) is 6.80. The molecule has 0 aliphatic heterocycles. The van der Waals surface area contributed by atoms with Crippen LogP contribution in [0.5, 0.6) is 0 Å². The predicted molar refractivity (Wildman–Crippen MR) is 111 cm³/mol. The number of aromatic nitrogens is 2. The Labute approximate surface area is 172 Å². The van der Waals surface area contributed by atoms with Gasteiger partial charge in [-0.3, -0.25) is 10.3 Å². The van der Waals surface area contributed by atoms with Crippen molar-refractivity contribution in [2.45, 2.75) is 20.1 Å². The summed E-state index contributed by atoms with van der Waals surface area (Å²) in [5.41, 5.74) is 1.62. The lowest BCUT2D eigenvalue weighted by molar-refractivity contribution is 0.139. The smallest absolute Gasteiger partial charge is 0.407 e. The van der Waals surface area contributed by atoms with Gasteiger partial charge in [0.25, 0.3) is 0 Å². The summed E-state index contributed by atoms with van der Waals surface area (Å²) in [7, 11) is 0. The minimum Gasteiger partial charge on any atom is -0.445 e. The Bertz CT molecular complexity index is 1010. The molecule has 3 rings (SSSR count). The summed E-state index contributed by atoms with van der Waals surface area (Å²) in [6.45, 7) is 2.71. The highest BCUT2D eigenvalue weighted by atomic mass is 35.5. The first-order valence-corrected chi connectivity index (χ1v) is 9.36. The van der Waals surface area contributed by atoms with Crippen LogP contribution in [-0.4, -0.2) is 28.6 Å². The van der Waals surface area contributed by atoms with E-state index in [9.17, 15) is 9.59 Å². The second kappa shape index (κ2) is 9.70. The average molecular weight is 414 g/mol. The minimum absolute atomic E-state index is 0.136. The summed E-state index contributed by atoms with van der Waals surface area (Å²) in [6, 6.07) is 8.49. The number of carbonyl (C=O) groups excluding carboxylic acids is 2. The maximum atomic E-state index is 12.0. The van der Waals surface area contributed by atoms with Crippen LogP contribution in [0, 0.1) is 0 Å². The van der Waals surface area contributed by atoms with Gasteiger partial charge in [0.1, 0.15) is 12.4 Å². The van der Waals surface area contributed by atoms with E-state index >= 15 is 0 Å². The number of rotatable bonds is 6. The normalized spacial score (nSPS) is 10.4. The lowest BCUT2D eigenvalue weighted by atomic mass is 10.1. The molecule has 2 heterocycles. The number of nitrogens with one attached hydrogen (secondary N) is 3. The Hall–Kier alpha value is -3.39. The highest BCUT2D eigenvalue weighted by Crippen LogP contribution is 2.28. The second-order valence-corrected chi connectivity index (χ2v) is 6.50. The molecule has 9 heteroatoms. The molecule has 0 saturated carbocycles. The standard InChI is InChI=1S/C20H20ClN5O3/c1-2-23-19(27)26-18-8-15-16(11-24-18)14(5-6-17(15)21)10-25-20(28)29-12-13-4-3-7-22-9-13/h3-9,11H,2,10,12H2,1H3,(H,25,28)(H2,23,24,26,27). The number of fused-ring (bicyclic) bond motifs is 1. The third kappa shape index (κ3) is 5.55. The topological polar surface area (TPSA) is 105 Å². The van der Waals surface area contributed by atoms with Crippen molar-refractivity contribution < 1.29 is 14.3 Å². The van der Waals surface area contributed by atoms with E-state index < -0.39 is 6.09 Å². The molecule has 0 unspecified atom stereocenters. The molecule has 0 saturated heterocycles. The van der Waals surface area contributed by atoms with Gasteiger partial charge < -0.3 is 15.4 Å². The second-order valence-electron chi connectivity index (χ2n) is 6.10. The molecule has 3 N–H and O–H groups in total. The van der Waals surface area contributed by atoms with E-state index in [0.717, 1.165) is 21.9 Å². The molecule has 1 aromatic carbocycles. The zero-order valence-corrected chi connectivity index (χ0v) is 16.5. The SMILES string of the molecule is CCNC(=O)Nc1cc2c(Cl)ccc(CNC(=O)OCc3cccnc3)c2cn1. The highest BCUT2D eigenvalue weighted by Gasteiger charge is 2.10. The lowest BCUT2D eigenvalue weighted by Gasteiger charge is -2.11. The number of nitrogens with zero attached hydrogens (tertiary/aromatic N) is 2. The summed E-state index contributed by atoms with van der Waals surface area (Å²) in [5, 5.41) is 10.0. The fourth-order valence-electron chi connectivity index (χ4n) is 2.66.